The van der Waals surface area contributed by atoms with Gasteiger partial charge in [0.05, 0.1) is 0 Å². The Balaban J connectivity index is 1.76. The molecule has 0 bridgehead atoms. The molecule has 1 heterocycles. The Labute approximate surface area is 120 Å². The maximum absolute atomic E-state index is 8.59. The highest BCUT2D eigenvalue weighted by molar-refractivity contribution is 5.97. The van der Waals surface area contributed by atoms with Gasteiger partial charge in [-0.3, -0.25) is 4.90 Å². The normalized spacial score (nSPS) is 17.7. The van der Waals surface area contributed by atoms with Gasteiger partial charge in [-0.1, -0.05) is 18.0 Å². The van der Waals surface area contributed by atoms with Crippen LogP contribution in [0.25, 0.3) is 0 Å². The summed E-state index contributed by atoms with van der Waals surface area (Å²) in [5.74, 6) is 0.926. The molecule has 0 amide bonds. The first-order valence-electron chi connectivity index (χ1n) is 7.23. The fourth-order valence-electron chi connectivity index (χ4n) is 2.43. The van der Waals surface area contributed by atoms with E-state index >= 15 is 0 Å². The summed E-state index contributed by atoms with van der Waals surface area (Å²) in [6, 6.07) is 7.26. The van der Waals surface area contributed by atoms with Crippen molar-refractivity contribution < 1.29 is 9.94 Å². The smallest absolute Gasteiger partial charge is 0.170 e. The molecule has 1 aromatic carbocycles. The molecular formula is C15H23N3O2. The van der Waals surface area contributed by atoms with Crippen molar-refractivity contribution in [3.8, 4) is 5.75 Å². The first-order chi connectivity index (χ1) is 9.79. The van der Waals surface area contributed by atoms with Gasteiger partial charge in [-0.05, 0) is 50.2 Å². The maximum atomic E-state index is 8.59. The average Bonchev–Trinajstić information content (AvgIpc) is 2.76. The number of hydrogen-bond donors (Lipinski definition) is 2. The predicted molar refractivity (Wildman–Crippen MR) is 79.4 cm³/mol. The van der Waals surface area contributed by atoms with E-state index in [9.17, 15) is 0 Å². The van der Waals surface area contributed by atoms with E-state index in [1.54, 1.807) is 12.1 Å². The highest BCUT2D eigenvalue weighted by Gasteiger charge is 2.08. The molecule has 1 fully saturated rings. The summed E-state index contributed by atoms with van der Waals surface area (Å²) in [6.45, 7) is 4.04. The second-order valence-corrected chi connectivity index (χ2v) is 5.11. The van der Waals surface area contributed by atoms with Crippen molar-refractivity contribution in [2.75, 3.05) is 26.2 Å². The molecule has 0 unspecified atom stereocenters. The van der Waals surface area contributed by atoms with Gasteiger partial charge in [0.25, 0.3) is 0 Å². The van der Waals surface area contributed by atoms with Crippen LogP contribution in [0.4, 0.5) is 0 Å². The van der Waals surface area contributed by atoms with Crippen molar-refractivity contribution in [2.45, 2.75) is 25.7 Å². The molecular weight excluding hydrogens is 254 g/mol. The van der Waals surface area contributed by atoms with Crippen LogP contribution in [0.2, 0.25) is 0 Å². The average molecular weight is 277 g/mol. The third-order valence-electron chi connectivity index (χ3n) is 3.63. The van der Waals surface area contributed by atoms with E-state index in [0.717, 1.165) is 12.3 Å². The summed E-state index contributed by atoms with van der Waals surface area (Å²) in [5.41, 5.74) is 6.20. The first kappa shape index (κ1) is 14.7. The third kappa shape index (κ3) is 4.42. The Bertz CT molecular complexity index is 423. The number of nitrogens with zero attached hydrogens (tertiary/aromatic N) is 2. The minimum absolute atomic E-state index is 0.112. The van der Waals surface area contributed by atoms with E-state index in [2.05, 4.69) is 10.1 Å². The number of oxime groups is 1. The van der Waals surface area contributed by atoms with Crippen LogP contribution in [-0.2, 0) is 0 Å². The lowest BCUT2D eigenvalue weighted by Crippen LogP contribution is -2.29. The summed E-state index contributed by atoms with van der Waals surface area (Å²) in [6.07, 6.45) is 5.31. The molecule has 0 aliphatic carbocycles. The zero-order valence-corrected chi connectivity index (χ0v) is 11.8. The first-order valence-corrected chi connectivity index (χ1v) is 7.23. The lowest BCUT2D eigenvalue weighted by molar-refractivity contribution is 0.214. The summed E-state index contributed by atoms with van der Waals surface area (Å²) in [4.78, 5) is 2.47. The second kappa shape index (κ2) is 7.75. The van der Waals surface area contributed by atoms with Crippen LogP contribution in [0.15, 0.2) is 29.4 Å². The number of benzene rings is 1. The summed E-state index contributed by atoms with van der Waals surface area (Å²) in [5, 5.41) is 11.6. The molecule has 0 aromatic heterocycles. The molecule has 0 radical (unpaired) electrons. The van der Waals surface area contributed by atoms with Gasteiger partial charge in [0.1, 0.15) is 12.4 Å². The van der Waals surface area contributed by atoms with Crippen molar-refractivity contribution in [1.82, 2.24) is 4.90 Å². The van der Waals surface area contributed by atoms with Crippen LogP contribution < -0.4 is 10.5 Å². The number of ether oxygens (including phenoxy) is 1. The second-order valence-electron chi connectivity index (χ2n) is 5.11. The lowest BCUT2D eigenvalue weighted by Gasteiger charge is -2.19. The Morgan fingerprint density at radius 3 is 2.40 bits per heavy atom. The Kier molecular flexibility index (Phi) is 5.68. The summed E-state index contributed by atoms with van der Waals surface area (Å²) >= 11 is 0. The molecule has 1 aliphatic rings. The van der Waals surface area contributed by atoms with Gasteiger partial charge in [0.2, 0.25) is 0 Å². The van der Waals surface area contributed by atoms with Crippen LogP contribution in [0.5, 0.6) is 5.75 Å². The standard InChI is InChI=1S/C15H23N3O2/c16-15(17-19)13-5-7-14(8-6-13)20-12-11-18-9-3-1-2-4-10-18/h5-8,19H,1-4,9-12H2,(H2,16,17). The zero-order valence-electron chi connectivity index (χ0n) is 11.8. The number of likely N-dealkylation sites (tertiary alicyclic amines) is 1. The molecule has 1 aliphatic heterocycles. The monoisotopic (exact) mass is 277 g/mol. The number of amidine groups is 1. The molecule has 2 rings (SSSR count). The number of nitrogens with two attached hydrogens (primary N) is 1. The van der Waals surface area contributed by atoms with Gasteiger partial charge in [-0.2, -0.15) is 0 Å². The fraction of sp³-hybridized carbons (Fsp3) is 0.533. The molecule has 1 saturated heterocycles. The highest BCUT2D eigenvalue weighted by atomic mass is 16.5. The third-order valence-corrected chi connectivity index (χ3v) is 3.63. The quantitative estimate of drug-likeness (QED) is 0.374. The van der Waals surface area contributed by atoms with Crippen LogP contribution in [0, 0.1) is 0 Å². The topological polar surface area (TPSA) is 71.1 Å². The van der Waals surface area contributed by atoms with Gasteiger partial charge in [0.15, 0.2) is 5.84 Å². The van der Waals surface area contributed by atoms with E-state index in [1.807, 2.05) is 12.1 Å². The van der Waals surface area contributed by atoms with Gasteiger partial charge in [-0.25, -0.2) is 0 Å². The van der Waals surface area contributed by atoms with Gasteiger partial charge >= 0.3 is 0 Å². The molecule has 110 valence electrons. The summed E-state index contributed by atoms with van der Waals surface area (Å²) < 4.78 is 5.73. The van der Waals surface area contributed by atoms with Crippen molar-refractivity contribution in [1.29, 1.82) is 0 Å². The SMILES string of the molecule is NC(=NO)c1ccc(OCCN2CCCCCC2)cc1. The molecule has 1 aromatic rings. The van der Waals surface area contributed by atoms with E-state index in [0.29, 0.717) is 12.2 Å². The molecule has 0 atom stereocenters. The van der Waals surface area contributed by atoms with Crippen molar-refractivity contribution in [2.24, 2.45) is 10.9 Å². The van der Waals surface area contributed by atoms with Crippen LogP contribution in [-0.4, -0.2) is 42.2 Å². The van der Waals surface area contributed by atoms with E-state index in [-0.39, 0.29) is 5.84 Å². The van der Waals surface area contributed by atoms with Gasteiger partial charge in [0, 0.05) is 12.1 Å². The van der Waals surface area contributed by atoms with Gasteiger partial charge in [-0.15, -0.1) is 0 Å². The van der Waals surface area contributed by atoms with E-state index in [1.165, 1.54) is 38.8 Å². The Morgan fingerprint density at radius 2 is 1.80 bits per heavy atom. The number of rotatable bonds is 5. The van der Waals surface area contributed by atoms with E-state index in [4.69, 9.17) is 15.7 Å². The minimum Gasteiger partial charge on any atom is -0.492 e. The highest BCUT2D eigenvalue weighted by Crippen LogP contribution is 2.13. The predicted octanol–water partition coefficient (Wildman–Crippen LogP) is 2.04. The number of hydrogen-bond acceptors (Lipinski definition) is 4. The fourth-order valence-corrected chi connectivity index (χ4v) is 2.43. The Morgan fingerprint density at radius 1 is 1.15 bits per heavy atom. The van der Waals surface area contributed by atoms with Crippen molar-refractivity contribution in [3.05, 3.63) is 29.8 Å². The maximum Gasteiger partial charge on any atom is 0.170 e. The lowest BCUT2D eigenvalue weighted by atomic mass is 10.2. The van der Waals surface area contributed by atoms with Crippen molar-refractivity contribution >= 4 is 5.84 Å². The summed E-state index contributed by atoms with van der Waals surface area (Å²) in [7, 11) is 0. The molecule has 0 spiro atoms. The molecule has 20 heavy (non-hydrogen) atoms. The molecule has 3 N–H and O–H groups in total. The van der Waals surface area contributed by atoms with Crippen LogP contribution >= 0.6 is 0 Å². The molecule has 5 heteroatoms. The van der Waals surface area contributed by atoms with Crippen LogP contribution in [0.1, 0.15) is 31.2 Å². The Hall–Kier alpha value is -1.75. The minimum atomic E-state index is 0.112. The van der Waals surface area contributed by atoms with Crippen molar-refractivity contribution in [3.63, 3.8) is 0 Å². The van der Waals surface area contributed by atoms with Gasteiger partial charge < -0.3 is 15.7 Å². The molecule has 0 saturated carbocycles. The van der Waals surface area contributed by atoms with Crippen LogP contribution in [0.3, 0.4) is 0 Å². The largest absolute Gasteiger partial charge is 0.492 e. The zero-order chi connectivity index (χ0) is 14.2. The van der Waals surface area contributed by atoms with E-state index < -0.39 is 0 Å². The molecule has 5 nitrogen and oxygen atoms in total.